The molecule has 4 amide bonds. The Hall–Kier alpha value is -2.12. The molecule has 2 saturated carbocycles. The largest absolute Gasteiger partial charge is 0.345 e. The third-order valence-corrected chi connectivity index (χ3v) is 8.20. The summed E-state index contributed by atoms with van der Waals surface area (Å²) >= 11 is 0. The number of carbonyl (C=O) groups is 4. The van der Waals surface area contributed by atoms with Crippen LogP contribution >= 0.6 is 0 Å². The molecule has 3 fully saturated rings. The van der Waals surface area contributed by atoms with Gasteiger partial charge in [-0.25, -0.2) is 4.79 Å². The van der Waals surface area contributed by atoms with Gasteiger partial charge in [-0.3, -0.25) is 14.4 Å². The van der Waals surface area contributed by atoms with E-state index in [1.54, 1.807) is 4.90 Å². The molecular weight excluding hydrogens is 444 g/mol. The quantitative estimate of drug-likeness (QED) is 0.482. The highest BCUT2D eigenvalue weighted by Gasteiger charge is 2.43. The van der Waals surface area contributed by atoms with E-state index in [0.29, 0.717) is 25.3 Å². The fourth-order valence-corrected chi connectivity index (χ4v) is 5.67. The van der Waals surface area contributed by atoms with Crippen molar-refractivity contribution >= 4 is 23.6 Å². The van der Waals surface area contributed by atoms with Gasteiger partial charge in [0.2, 0.25) is 11.8 Å². The van der Waals surface area contributed by atoms with Gasteiger partial charge in [0, 0.05) is 12.1 Å². The Labute approximate surface area is 210 Å². The van der Waals surface area contributed by atoms with Crippen molar-refractivity contribution in [2.75, 3.05) is 6.54 Å². The molecule has 0 aromatic rings. The highest BCUT2D eigenvalue weighted by Crippen LogP contribution is 2.31. The first kappa shape index (κ1) is 27.5. The standard InChI is InChI=1S/C27H46N4O4/c1-18(32)20(17-19-11-9-12-19)28-23(33)21-13-10-16-31(21)24(34)22(26(2,3)4)29-25(35)30-27(5)14-7-6-8-15-27/h19-22H,6-17H2,1-5H3,(H,28,33)(H2,29,30,35). The SMILES string of the molecule is CC(=O)C(CC1CCC1)NC(=O)C1CCCN1C(=O)C(NC(=O)NC1(C)CCCCC1)C(C)(C)C. The molecule has 3 unspecified atom stereocenters. The van der Waals surface area contributed by atoms with E-state index in [4.69, 9.17) is 0 Å². The Morgan fingerprint density at radius 1 is 0.943 bits per heavy atom. The van der Waals surface area contributed by atoms with E-state index in [-0.39, 0.29) is 29.2 Å². The molecule has 3 N–H and O–H groups in total. The van der Waals surface area contributed by atoms with Gasteiger partial charge in [0.25, 0.3) is 0 Å². The smallest absolute Gasteiger partial charge is 0.315 e. The summed E-state index contributed by atoms with van der Waals surface area (Å²) in [6, 6.07) is -2.21. The average molecular weight is 491 g/mol. The van der Waals surface area contributed by atoms with Crippen LogP contribution in [0.25, 0.3) is 0 Å². The minimum atomic E-state index is -0.762. The molecule has 2 aliphatic carbocycles. The molecule has 1 aliphatic heterocycles. The molecule has 1 saturated heterocycles. The van der Waals surface area contributed by atoms with Crippen molar-refractivity contribution in [1.82, 2.24) is 20.9 Å². The summed E-state index contributed by atoms with van der Waals surface area (Å²) in [5.41, 5.74) is -0.788. The van der Waals surface area contributed by atoms with Gasteiger partial charge in [-0.15, -0.1) is 0 Å². The van der Waals surface area contributed by atoms with Gasteiger partial charge in [0.1, 0.15) is 12.1 Å². The molecule has 0 spiro atoms. The minimum Gasteiger partial charge on any atom is -0.345 e. The number of ketones is 1. The summed E-state index contributed by atoms with van der Waals surface area (Å²) in [4.78, 5) is 53.7. The molecule has 35 heavy (non-hydrogen) atoms. The van der Waals surface area contributed by atoms with Gasteiger partial charge in [0.15, 0.2) is 5.78 Å². The number of likely N-dealkylation sites (tertiary alicyclic amines) is 1. The summed E-state index contributed by atoms with van der Waals surface area (Å²) in [5.74, 6) is -0.0487. The summed E-state index contributed by atoms with van der Waals surface area (Å²) in [6.45, 7) is 9.83. The molecule has 1 heterocycles. The zero-order valence-corrected chi connectivity index (χ0v) is 22.4. The van der Waals surface area contributed by atoms with E-state index in [9.17, 15) is 19.2 Å². The van der Waals surface area contributed by atoms with Gasteiger partial charge in [-0.1, -0.05) is 59.3 Å². The number of Topliss-reactive ketones (excluding diaryl/α,β-unsaturated/α-hetero) is 1. The van der Waals surface area contributed by atoms with Crippen molar-refractivity contribution in [2.24, 2.45) is 11.3 Å². The maximum absolute atomic E-state index is 13.7. The molecule has 198 valence electrons. The number of hydrogen-bond donors (Lipinski definition) is 3. The second kappa shape index (κ2) is 11.3. The van der Waals surface area contributed by atoms with Crippen LogP contribution in [0.2, 0.25) is 0 Å². The predicted molar refractivity (Wildman–Crippen MR) is 136 cm³/mol. The van der Waals surface area contributed by atoms with Crippen molar-refractivity contribution in [1.29, 1.82) is 0 Å². The molecule has 8 nitrogen and oxygen atoms in total. The second-order valence-electron chi connectivity index (χ2n) is 12.4. The van der Waals surface area contributed by atoms with Crippen molar-refractivity contribution in [3.05, 3.63) is 0 Å². The summed E-state index contributed by atoms with van der Waals surface area (Å²) in [6.07, 6.45) is 10.6. The Bertz CT molecular complexity index is 795. The van der Waals surface area contributed by atoms with Gasteiger partial charge >= 0.3 is 6.03 Å². The summed E-state index contributed by atoms with van der Waals surface area (Å²) < 4.78 is 0. The highest BCUT2D eigenvalue weighted by molar-refractivity contribution is 5.94. The van der Waals surface area contributed by atoms with E-state index >= 15 is 0 Å². The lowest BCUT2D eigenvalue weighted by Gasteiger charge is -2.38. The summed E-state index contributed by atoms with van der Waals surface area (Å²) in [5, 5.41) is 8.98. The Morgan fingerprint density at radius 3 is 2.14 bits per heavy atom. The first-order valence-corrected chi connectivity index (χ1v) is 13.6. The number of nitrogens with zero attached hydrogens (tertiary/aromatic N) is 1. The average Bonchev–Trinajstić information content (AvgIpc) is 3.22. The van der Waals surface area contributed by atoms with E-state index < -0.39 is 23.5 Å². The summed E-state index contributed by atoms with van der Waals surface area (Å²) in [7, 11) is 0. The van der Waals surface area contributed by atoms with Crippen LogP contribution in [-0.4, -0.2) is 58.7 Å². The van der Waals surface area contributed by atoms with Gasteiger partial charge in [-0.2, -0.15) is 0 Å². The predicted octanol–water partition coefficient (Wildman–Crippen LogP) is 3.68. The highest BCUT2D eigenvalue weighted by atomic mass is 16.2. The van der Waals surface area contributed by atoms with Crippen LogP contribution < -0.4 is 16.0 Å². The third kappa shape index (κ3) is 7.20. The molecule has 0 radical (unpaired) electrons. The van der Waals surface area contributed by atoms with Crippen LogP contribution in [0.1, 0.15) is 105 Å². The van der Waals surface area contributed by atoms with E-state index in [1.165, 1.54) is 19.8 Å². The maximum atomic E-state index is 13.7. The van der Waals surface area contributed by atoms with Gasteiger partial charge in [-0.05, 0) is 57.3 Å². The molecule has 0 aromatic carbocycles. The number of nitrogens with one attached hydrogen (secondary N) is 3. The second-order valence-corrected chi connectivity index (χ2v) is 12.4. The Morgan fingerprint density at radius 2 is 1.60 bits per heavy atom. The fourth-order valence-electron chi connectivity index (χ4n) is 5.67. The monoisotopic (exact) mass is 490 g/mol. The van der Waals surface area contributed by atoms with Crippen molar-refractivity contribution < 1.29 is 19.2 Å². The van der Waals surface area contributed by atoms with Crippen molar-refractivity contribution in [3.63, 3.8) is 0 Å². The lowest BCUT2D eigenvalue weighted by Crippen LogP contribution is -2.61. The number of carbonyl (C=O) groups excluding carboxylic acids is 4. The lowest BCUT2D eigenvalue weighted by molar-refractivity contribution is -0.142. The normalized spacial score (nSPS) is 24.1. The maximum Gasteiger partial charge on any atom is 0.315 e. The molecule has 8 heteroatoms. The van der Waals surface area contributed by atoms with Gasteiger partial charge in [0.05, 0.1) is 6.04 Å². The van der Waals surface area contributed by atoms with Crippen molar-refractivity contribution in [3.8, 4) is 0 Å². The fraction of sp³-hybridized carbons (Fsp3) is 0.852. The molecule has 3 aliphatic rings. The molecular formula is C27H46N4O4. The topological polar surface area (TPSA) is 108 Å². The zero-order valence-electron chi connectivity index (χ0n) is 22.4. The number of hydrogen-bond acceptors (Lipinski definition) is 4. The molecule has 3 rings (SSSR count). The molecule has 3 atom stereocenters. The van der Waals surface area contributed by atoms with Crippen LogP contribution in [0.3, 0.4) is 0 Å². The first-order valence-electron chi connectivity index (χ1n) is 13.6. The Balaban J connectivity index is 1.66. The van der Waals surface area contributed by atoms with Crippen molar-refractivity contribution in [2.45, 2.75) is 129 Å². The number of amides is 4. The number of urea groups is 1. The first-order chi connectivity index (χ1) is 16.4. The number of rotatable bonds is 8. The third-order valence-electron chi connectivity index (χ3n) is 8.20. The minimum absolute atomic E-state index is 0.0387. The zero-order chi connectivity index (χ0) is 25.8. The molecule has 0 aromatic heterocycles. The molecule has 0 bridgehead atoms. The van der Waals surface area contributed by atoms with E-state index in [1.807, 2.05) is 20.8 Å². The van der Waals surface area contributed by atoms with Crippen LogP contribution in [0.4, 0.5) is 4.79 Å². The Kier molecular flexibility index (Phi) is 8.86. The van der Waals surface area contributed by atoms with Gasteiger partial charge < -0.3 is 20.9 Å². The van der Waals surface area contributed by atoms with Crippen LogP contribution in [0.5, 0.6) is 0 Å². The lowest BCUT2D eigenvalue weighted by atomic mass is 9.80. The van der Waals surface area contributed by atoms with E-state index in [2.05, 4.69) is 22.9 Å². The van der Waals surface area contributed by atoms with Crippen LogP contribution in [-0.2, 0) is 14.4 Å². The van der Waals surface area contributed by atoms with E-state index in [0.717, 1.165) is 44.9 Å². The van der Waals surface area contributed by atoms with Crippen LogP contribution in [0, 0.1) is 11.3 Å². The van der Waals surface area contributed by atoms with Crippen LogP contribution in [0.15, 0.2) is 0 Å².